The SMILES string of the molecule is CCc1cccc(NC(=O)CSc2nnc3[nH]c(=O)cnn23)c1. The van der Waals surface area contributed by atoms with E-state index in [-0.39, 0.29) is 23.0 Å². The van der Waals surface area contributed by atoms with Crippen molar-refractivity contribution in [3.8, 4) is 0 Å². The molecule has 0 atom stereocenters. The number of H-pyrrole nitrogens is 1. The summed E-state index contributed by atoms with van der Waals surface area (Å²) in [6, 6.07) is 7.72. The van der Waals surface area contributed by atoms with E-state index in [2.05, 4.69) is 32.5 Å². The van der Waals surface area contributed by atoms with Gasteiger partial charge in [-0.3, -0.25) is 14.6 Å². The minimum atomic E-state index is -0.352. The summed E-state index contributed by atoms with van der Waals surface area (Å²) in [6.07, 6.45) is 2.05. The number of nitrogens with one attached hydrogen (secondary N) is 2. The number of aromatic amines is 1. The molecule has 118 valence electrons. The first-order chi connectivity index (χ1) is 11.2. The van der Waals surface area contributed by atoms with Crippen molar-refractivity contribution >= 4 is 29.1 Å². The Bertz CT molecular complexity index is 903. The molecule has 0 radical (unpaired) electrons. The smallest absolute Gasteiger partial charge is 0.271 e. The van der Waals surface area contributed by atoms with Gasteiger partial charge in [0.05, 0.1) is 5.75 Å². The van der Waals surface area contributed by atoms with Gasteiger partial charge in [0.15, 0.2) is 0 Å². The standard InChI is InChI=1S/C14H14N6O2S/c1-2-9-4-3-5-10(6-9)16-12(22)8-23-14-19-18-13-17-11(21)7-15-20(13)14/h3-7H,2,8H2,1H3,(H,16,22)(H,17,18,21). The topological polar surface area (TPSA) is 105 Å². The van der Waals surface area contributed by atoms with Crippen molar-refractivity contribution in [2.45, 2.75) is 18.5 Å². The Morgan fingerprint density at radius 2 is 2.26 bits per heavy atom. The van der Waals surface area contributed by atoms with Crippen LogP contribution in [-0.2, 0) is 11.2 Å². The van der Waals surface area contributed by atoms with Gasteiger partial charge in [0, 0.05) is 5.69 Å². The first kappa shape index (κ1) is 15.2. The van der Waals surface area contributed by atoms with Gasteiger partial charge in [0.1, 0.15) is 6.20 Å². The molecule has 0 fully saturated rings. The lowest BCUT2D eigenvalue weighted by Crippen LogP contribution is -2.15. The van der Waals surface area contributed by atoms with Gasteiger partial charge in [0.25, 0.3) is 11.3 Å². The molecule has 0 bridgehead atoms. The highest BCUT2D eigenvalue weighted by Crippen LogP contribution is 2.16. The molecule has 0 aliphatic rings. The minimum absolute atomic E-state index is 0.149. The fourth-order valence-corrected chi connectivity index (χ4v) is 2.67. The molecule has 2 heterocycles. The number of carbonyl (C=O) groups excluding carboxylic acids is 1. The molecule has 2 N–H and O–H groups in total. The van der Waals surface area contributed by atoms with Crippen LogP contribution in [0.15, 0.2) is 40.4 Å². The van der Waals surface area contributed by atoms with Crippen molar-refractivity contribution < 1.29 is 4.79 Å². The normalized spacial score (nSPS) is 10.8. The van der Waals surface area contributed by atoms with Crippen LogP contribution < -0.4 is 10.9 Å². The quantitative estimate of drug-likeness (QED) is 0.679. The molecule has 3 aromatic rings. The third-order valence-electron chi connectivity index (χ3n) is 3.09. The number of aryl methyl sites for hydroxylation is 1. The molecule has 3 rings (SSSR count). The summed E-state index contributed by atoms with van der Waals surface area (Å²) >= 11 is 1.19. The lowest BCUT2D eigenvalue weighted by atomic mass is 10.1. The third kappa shape index (κ3) is 3.57. The first-order valence-corrected chi connectivity index (χ1v) is 7.96. The van der Waals surface area contributed by atoms with Crippen LogP contribution >= 0.6 is 11.8 Å². The van der Waals surface area contributed by atoms with Gasteiger partial charge in [-0.05, 0) is 24.1 Å². The Kier molecular flexibility index (Phi) is 4.38. The van der Waals surface area contributed by atoms with Gasteiger partial charge < -0.3 is 5.32 Å². The Morgan fingerprint density at radius 1 is 1.39 bits per heavy atom. The van der Waals surface area contributed by atoms with Crippen LogP contribution in [0.4, 0.5) is 5.69 Å². The number of nitrogens with zero attached hydrogens (tertiary/aromatic N) is 4. The molecule has 0 saturated heterocycles. The highest BCUT2D eigenvalue weighted by Gasteiger charge is 2.11. The number of hydrogen-bond acceptors (Lipinski definition) is 6. The summed E-state index contributed by atoms with van der Waals surface area (Å²) < 4.78 is 1.39. The van der Waals surface area contributed by atoms with Gasteiger partial charge in [-0.2, -0.15) is 9.61 Å². The van der Waals surface area contributed by atoms with Crippen molar-refractivity contribution in [1.29, 1.82) is 0 Å². The summed E-state index contributed by atoms with van der Waals surface area (Å²) in [4.78, 5) is 25.7. The molecule has 1 aromatic carbocycles. The second-order valence-electron chi connectivity index (χ2n) is 4.74. The summed E-state index contributed by atoms with van der Waals surface area (Å²) in [5.41, 5.74) is 1.57. The van der Waals surface area contributed by atoms with Crippen LogP contribution in [0.2, 0.25) is 0 Å². The average molecular weight is 330 g/mol. The summed E-state index contributed by atoms with van der Waals surface area (Å²) in [5.74, 6) is 0.262. The lowest BCUT2D eigenvalue weighted by Gasteiger charge is -2.06. The largest absolute Gasteiger partial charge is 0.325 e. The monoisotopic (exact) mass is 330 g/mol. The number of rotatable bonds is 5. The highest BCUT2D eigenvalue weighted by atomic mass is 32.2. The first-order valence-electron chi connectivity index (χ1n) is 6.98. The fraction of sp³-hybridized carbons (Fsp3) is 0.214. The van der Waals surface area contributed by atoms with E-state index in [9.17, 15) is 9.59 Å². The number of hydrogen-bond donors (Lipinski definition) is 2. The average Bonchev–Trinajstić information content (AvgIpc) is 2.95. The van der Waals surface area contributed by atoms with Gasteiger partial charge in [0.2, 0.25) is 11.1 Å². The number of aromatic nitrogens is 5. The van der Waals surface area contributed by atoms with E-state index in [4.69, 9.17) is 0 Å². The molecular weight excluding hydrogens is 316 g/mol. The number of carbonyl (C=O) groups is 1. The predicted octanol–water partition coefficient (Wildman–Crippen LogP) is 1.11. The third-order valence-corrected chi connectivity index (χ3v) is 4.01. The predicted molar refractivity (Wildman–Crippen MR) is 86.6 cm³/mol. The summed E-state index contributed by atoms with van der Waals surface area (Å²) in [5, 5.41) is 14.9. The zero-order chi connectivity index (χ0) is 16.2. The maximum atomic E-state index is 12.0. The van der Waals surface area contributed by atoms with Crippen LogP contribution in [0.3, 0.4) is 0 Å². The Hall–Kier alpha value is -2.68. The van der Waals surface area contributed by atoms with E-state index in [1.54, 1.807) is 0 Å². The molecule has 0 spiro atoms. The van der Waals surface area contributed by atoms with E-state index >= 15 is 0 Å². The van der Waals surface area contributed by atoms with Crippen molar-refractivity contribution in [3.05, 3.63) is 46.4 Å². The molecule has 0 unspecified atom stereocenters. The molecular formula is C14H14N6O2S. The van der Waals surface area contributed by atoms with Crippen LogP contribution in [0.5, 0.6) is 0 Å². The lowest BCUT2D eigenvalue weighted by molar-refractivity contribution is -0.113. The fourth-order valence-electron chi connectivity index (χ4n) is 1.99. The number of benzene rings is 1. The van der Waals surface area contributed by atoms with Crippen LogP contribution in [0.1, 0.15) is 12.5 Å². The van der Waals surface area contributed by atoms with E-state index in [1.807, 2.05) is 24.3 Å². The van der Waals surface area contributed by atoms with Crippen molar-refractivity contribution in [3.63, 3.8) is 0 Å². The summed E-state index contributed by atoms with van der Waals surface area (Å²) in [6.45, 7) is 2.06. The number of thioether (sulfide) groups is 1. The Morgan fingerprint density at radius 3 is 3.09 bits per heavy atom. The molecule has 1 amide bonds. The minimum Gasteiger partial charge on any atom is -0.325 e. The maximum absolute atomic E-state index is 12.0. The highest BCUT2D eigenvalue weighted by molar-refractivity contribution is 7.99. The number of fused-ring (bicyclic) bond motifs is 1. The van der Waals surface area contributed by atoms with E-state index in [0.29, 0.717) is 5.16 Å². The van der Waals surface area contributed by atoms with Crippen LogP contribution in [-0.4, -0.2) is 36.5 Å². The van der Waals surface area contributed by atoms with Crippen molar-refractivity contribution in [2.75, 3.05) is 11.1 Å². The van der Waals surface area contributed by atoms with Crippen LogP contribution in [0.25, 0.3) is 5.78 Å². The van der Waals surface area contributed by atoms with Crippen molar-refractivity contribution in [1.82, 2.24) is 24.8 Å². The van der Waals surface area contributed by atoms with Gasteiger partial charge in [-0.25, -0.2) is 0 Å². The second-order valence-corrected chi connectivity index (χ2v) is 5.69. The Labute approximate surface area is 135 Å². The molecule has 9 heteroatoms. The van der Waals surface area contributed by atoms with Crippen LogP contribution in [0, 0.1) is 0 Å². The molecule has 0 aliphatic carbocycles. The number of amides is 1. The maximum Gasteiger partial charge on any atom is 0.271 e. The van der Waals surface area contributed by atoms with Gasteiger partial charge >= 0.3 is 0 Å². The molecule has 2 aromatic heterocycles. The summed E-state index contributed by atoms with van der Waals surface area (Å²) in [7, 11) is 0. The molecule has 0 aliphatic heterocycles. The van der Waals surface area contributed by atoms with Gasteiger partial charge in [-0.1, -0.05) is 30.8 Å². The Balaban J connectivity index is 1.65. The number of anilines is 1. The zero-order valence-corrected chi connectivity index (χ0v) is 13.1. The molecule has 8 nitrogen and oxygen atoms in total. The van der Waals surface area contributed by atoms with E-state index in [0.717, 1.165) is 23.9 Å². The molecule has 0 saturated carbocycles. The zero-order valence-electron chi connectivity index (χ0n) is 12.3. The van der Waals surface area contributed by atoms with E-state index in [1.165, 1.54) is 16.3 Å². The van der Waals surface area contributed by atoms with Crippen molar-refractivity contribution in [2.24, 2.45) is 0 Å². The second kappa shape index (κ2) is 6.61. The molecule has 23 heavy (non-hydrogen) atoms. The van der Waals surface area contributed by atoms with Gasteiger partial charge in [-0.15, -0.1) is 10.2 Å². The van der Waals surface area contributed by atoms with E-state index < -0.39 is 0 Å².